The van der Waals surface area contributed by atoms with E-state index in [0.717, 1.165) is 16.9 Å². The molecule has 1 heterocycles. The van der Waals surface area contributed by atoms with Crippen molar-refractivity contribution >= 4 is 17.5 Å². The standard InChI is InChI=1S/C20H22ClNO5/c1-24-17-6-12(7-18(25-2)19(17)26-3)10-22-20(23)14-8-13-9-15(21)4-5-16(13)27-11-14/h4-7,9,14H,8,10-11H2,1-3H3,(H,22,23)/t14-/m0/s1. The molecule has 1 amide bonds. The molecule has 2 aromatic rings. The average molecular weight is 392 g/mol. The van der Waals surface area contributed by atoms with Gasteiger partial charge in [-0.1, -0.05) is 11.6 Å². The lowest BCUT2D eigenvalue weighted by Gasteiger charge is -2.25. The summed E-state index contributed by atoms with van der Waals surface area (Å²) < 4.78 is 21.7. The zero-order valence-corrected chi connectivity index (χ0v) is 16.3. The third kappa shape index (κ3) is 4.22. The number of hydrogen-bond acceptors (Lipinski definition) is 5. The Hall–Kier alpha value is -2.60. The molecule has 1 aliphatic rings. The minimum atomic E-state index is -0.266. The first-order chi connectivity index (χ1) is 13.0. The maximum absolute atomic E-state index is 12.6. The fraction of sp³-hybridized carbons (Fsp3) is 0.350. The predicted molar refractivity (Wildman–Crippen MR) is 102 cm³/mol. The summed E-state index contributed by atoms with van der Waals surface area (Å²) in [5.41, 5.74) is 1.79. The van der Waals surface area contributed by atoms with Gasteiger partial charge in [-0.15, -0.1) is 0 Å². The number of halogens is 1. The van der Waals surface area contributed by atoms with Crippen LogP contribution in [0.15, 0.2) is 30.3 Å². The summed E-state index contributed by atoms with van der Waals surface area (Å²) in [5.74, 6) is 2.06. The molecule has 2 aromatic carbocycles. The number of carbonyl (C=O) groups is 1. The van der Waals surface area contributed by atoms with E-state index < -0.39 is 0 Å². The molecule has 0 saturated heterocycles. The molecule has 3 rings (SSSR count). The van der Waals surface area contributed by atoms with Gasteiger partial charge in [0.1, 0.15) is 12.4 Å². The van der Waals surface area contributed by atoms with Crippen LogP contribution in [0.4, 0.5) is 0 Å². The molecule has 0 fully saturated rings. The highest BCUT2D eigenvalue weighted by molar-refractivity contribution is 6.30. The molecule has 0 unspecified atom stereocenters. The van der Waals surface area contributed by atoms with Crippen molar-refractivity contribution in [3.63, 3.8) is 0 Å². The molecule has 0 saturated carbocycles. The number of rotatable bonds is 6. The van der Waals surface area contributed by atoms with Crippen molar-refractivity contribution < 1.29 is 23.7 Å². The second-order valence-electron chi connectivity index (χ2n) is 6.22. The van der Waals surface area contributed by atoms with E-state index in [1.54, 1.807) is 27.4 Å². The number of ether oxygens (including phenoxy) is 4. The summed E-state index contributed by atoms with van der Waals surface area (Å²) >= 11 is 6.04. The minimum Gasteiger partial charge on any atom is -0.493 e. The number of amides is 1. The molecule has 27 heavy (non-hydrogen) atoms. The first-order valence-corrected chi connectivity index (χ1v) is 8.91. The van der Waals surface area contributed by atoms with Crippen LogP contribution in [0.25, 0.3) is 0 Å². The zero-order valence-electron chi connectivity index (χ0n) is 15.5. The SMILES string of the molecule is COc1cc(CNC(=O)[C@@H]2COc3ccc(Cl)cc3C2)cc(OC)c1OC. The summed E-state index contributed by atoms with van der Waals surface area (Å²) in [6, 6.07) is 9.09. The van der Waals surface area contributed by atoms with Crippen LogP contribution in [0.2, 0.25) is 5.02 Å². The molecule has 7 heteroatoms. The molecule has 0 radical (unpaired) electrons. The zero-order chi connectivity index (χ0) is 19.4. The van der Waals surface area contributed by atoms with Crippen LogP contribution in [-0.2, 0) is 17.8 Å². The van der Waals surface area contributed by atoms with Crippen LogP contribution in [0, 0.1) is 5.92 Å². The van der Waals surface area contributed by atoms with Crippen LogP contribution < -0.4 is 24.3 Å². The van der Waals surface area contributed by atoms with Crippen molar-refractivity contribution in [2.75, 3.05) is 27.9 Å². The van der Waals surface area contributed by atoms with Gasteiger partial charge in [-0.25, -0.2) is 0 Å². The number of nitrogens with one attached hydrogen (secondary N) is 1. The quantitative estimate of drug-likeness (QED) is 0.818. The van der Waals surface area contributed by atoms with E-state index in [0.29, 0.717) is 41.8 Å². The largest absolute Gasteiger partial charge is 0.493 e. The van der Waals surface area contributed by atoms with Crippen LogP contribution in [0.5, 0.6) is 23.0 Å². The van der Waals surface area contributed by atoms with Gasteiger partial charge >= 0.3 is 0 Å². The molecule has 0 bridgehead atoms. The maximum Gasteiger partial charge on any atom is 0.227 e. The van der Waals surface area contributed by atoms with Crippen molar-refractivity contribution in [2.24, 2.45) is 5.92 Å². The average Bonchev–Trinajstić information content (AvgIpc) is 2.70. The molecule has 144 valence electrons. The van der Waals surface area contributed by atoms with E-state index in [9.17, 15) is 4.79 Å². The summed E-state index contributed by atoms with van der Waals surface area (Å²) in [4.78, 5) is 12.6. The number of methoxy groups -OCH3 is 3. The van der Waals surface area contributed by atoms with Crippen molar-refractivity contribution in [1.82, 2.24) is 5.32 Å². The number of benzene rings is 2. The predicted octanol–water partition coefficient (Wildman–Crippen LogP) is 3.23. The van der Waals surface area contributed by atoms with Gasteiger partial charge in [-0.2, -0.15) is 0 Å². The smallest absolute Gasteiger partial charge is 0.227 e. The van der Waals surface area contributed by atoms with Crippen molar-refractivity contribution in [3.8, 4) is 23.0 Å². The summed E-state index contributed by atoms with van der Waals surface area (Å²) in [6.07, 6.45) is 0.594. The monoisotopic (exact) mass is 391 g/mol. The van der Waals surface area contributed by atoms with E-state index in [-0.39, 0.29) is 11.8 Å². The fourth-order valence-electron chi connectivity index (χ4n) is 3.10. The van der Waals surface area contributed by atoms with Gasteiger partial charge in [0.05, 0.1) is 27.2 Å². The maximum atomic E-state index is 12.6. The van der Waals surface area contributed by atoms with E-state index in [2.05, 4.69) is 5.32 Å². The summed E-state index contributed by atoms with van der Waals surface area (Å²) in [7, 11) is 4.66. The van der Waals surface area contributed by atoms with E-state index >= 15 is 0 Å². The number of hydrogen-bond donors (Lipinski definition) is 1. The molecule has 0 spiro atoms. The Morgan fingerprint density at radius 1 is 1.15 bits per heavy atom. The number of fused-ring (bicyclic) bond motifs is 1. The first kappa shape index (κ1) is 19.2. The fourth-order valence-corrected chi connectivity index (χ4v) is 3.30. The molecule has 6 nitrogen and oxygen atoms in total. The van der Waals surface area contributed by atoms with Crippen molar-refractivity contribution in [2.45, 2.75) is 13.0 Å². The highest BCUT2D eigenvalue weighted by Crippen LogP contribution is 2.38. The first-order valence-electron chi connectivity index (χ1n) is 8.53. The summed E-state index contributed by atoms with van der Waals surface area (Å²) in [5, 5.41) is 3.59. The molecule has 0 aliphatic carbocycles. The van der Waals surface area contributed by atoms with Gasteiger partial charge in [0.25, 0.3) is 0 Å². The van der Waals surface area contributed by atoms with Crippen molar-refractivity contribution in [1.29, 1.82) is 0 Å². The van der Waals surface area contributed by atoms with E-state index in [4.69, 9.17) is 30.5 Å². The molecule has 1 aliphatic heterocycles. The van der Waals surface area contributed by atoms with Gasteiger partial charge in [-0.3, -0.25) is 4.79 Å². The Morgan fingerprint density at radius 3 is 2.48 bits per heavy atom. The van der Waals surface area contributed by atoms with Gasteiger partial charge in [0.2, 0.25) is 11.7 Å². The van der Waals surface area contributed by atoms with E-state index in [1.165, 1.54) is 0 Å². The highest BCUT2D eigenvalue weighted by atomic mass is 35.5. The second kappa shape index (κ2) is 8.39. The molecular formula is C20H22ClNO5. The van der Waals surface area contributed by atoms with Crippen LogP contribution in [-0.4, -0.2) is 33.8 Å². The van der Waals surface area contributed by atoms with Gasteiger partial charge < -0.3 is 24.3 Å². The van der Waals surface area contributed by atoms with Gasteiger partial charge in [0, 0.05) is 11.6 Å². The molecule has 0 aromatic heterocycles. The molecular weight excluding hydrogens is 370 g/mol. The lowest BCUT2D eigenvalue weighted by molar-refractivity contribution is -0.126. The van der Waals surface area contributed by atoms with Gasteiger partial charge in [-0.05, 0) is 47.9 Å². The van der Waals surface area contributed by atoms with Gasteiger partial charge in [0.15, 0.2) is 11.5 Å². The Kier molecular flexibility index (Phi) is 5.96. The van der Waals surface area contributed by atoms with Crippen LogP contribution >= 0.6 is 11.6 Å². The van der Waals surface area contributed by atoms with E-state index in [1.807, 2.05) is 24.3 Å². The second-order valence-corrected chi connectivity index (χ2v) is 6.65. The van der Waals surface area contributed by atoms with Crippen molar-refractivity contribution in [3.05, 3.63) is 46.5 Å². The lowest BCUT2D eigenvalue weighted by Crippen LogP contribution is -2.37. The normalized spacial score (nSPS) is 15.3. The highest BCUT2D eigenvalue weighted by Gasteiger charge is 2.26. The lowest BCUT2D eigenvalue weighted by atomic mass is 9.96. The summed E-state index contributed by atoms with van der Waals surface area (Å²) in [6.45, 7) is 0.685. The van der Waals surface area contributed by atoms with Crippen LogP contribution in [0.1, 0.15) is 11.1 Å². The molecule has 1 atom stereocenters. The third-order valence-corrected chi connectivity index (χ3v) is 4.73. The third-order valence-electron chi connectivity index (χ3n) is 4.49. The topological polar surface area (TPSA) is 66.0 Å². The minimum absolute atomic E-state index is 0.0747. The molecule has 1 N–H and O–H groups in total. The Labute approximate surface area is 163 Å². The Balaban J connectivity index is 1.67. The van der Waals surface area contributed by atoms with Crippen LogP contribution in [0.3, 0.4) is 0 Å². The Morgan fingerprint density at radius 2 is 1.85 bits per heavy atom. The Bertz CT molecular complexity index is 814. The number of carbonyl (C=O) groups excluding carboxylic acids is 1.